The quantitative estimate of drug-likeness (QED) is 0.375. The summed E-state index contributed by atoms with van der Waals surface area (Å²) in [5, 5.41) is 4.57. The number of esters is 1. The van der Waals surface area contributed by atoms with Crippen molar-refractivity contribution in [2.24, 2.45) is 11.0 Å². The van der Waals surface area contributed by atoms with Crippen LogP contribution in [0.25, 0.3) is 10.2 Å². The molecule has 31 heavy (non-hydrogen) atoms. The molecule has 9 heteroatoms. The Labute approximate surface area is 182 Å². The number of hydrogen-bond donors (Lipinski definition) is 1. The first-order chi connectivity index (χ1) is 15.0. The van der Waals surface area contributed by atoms with E-state index in [1.165, 1.54) is 29.1 Å². The van der Waals surface area contributed by atoms with E-state index in [1.807, 2.05) is 0 Å². The van der Waals surface area contributed by atoms with E-state index >= 15 is 0 Å². The van der Waals surface area contributed by atoms with Crippen LogP contribution < -0.4 is 11.0 Å². The van der Waals surface area contributed by atoms with Crippen LogP contribution in [0, 0.1) is 5.92 Å². The van der Waals surface area contributed by atoms with Gasteiger partial charge in [0.25, 0.3) is 11.5 Å². The molecule has 2 aromatic heterocycles. The molecule has 0 bridgehead atoms. The molecule has 0 aliphatic heterocycles. The lowest BCUT2D eigenvalue weighted by Gasteiger charge is -2.17. The molecule has 1 aromatic carbocycles. The van der Waals surface area contributed by atoms with Gasteiger partial charge >= 0.3 is 5.97 Å². The zero-order valence-electron chi connectivity index (χ0n) is 17.3. The predicted molar refractivity (Wildman–Crippen MR) is 119 cm³/mol. The van der Waals surface area contributed by atoms with Gasteiger partial charge in [-0.3, -0.25) is 14.2 Å². The van der Waals surface area contributed by atoms with Crippen molar-refractivity contribution in [3.8, 4) is 0 Å². The summed E-state index contributed by atoms with van der Waals surface area (Å²) in [6, 6.07) is 6.59. The molecule has 2 heterocycles. The monoisotopic (exact) mass is 438 g/mol. The van der Waals surface area contributed by atoms with Gasteiger partial charge in [-0.25, -0.2) is 15.2 Å². The smallest absolute Gasteiger partial charge is 0.337 e. The topological polar surface area (TPSA) is 103 Å². The van der Waals surface area contributed by atoms with Crippen LogP contribution in [-0.2, 0) is 28.9 Å². The molecule has 160 valence electrons. The molecule has 0 saturated heterocycles. The van der Waals surface area contributed by atoms with E-state index in [0.29, 0.717) is 22.4 Å². The van der Waals surface area contributed by atoms with Crippen molar-refractivity contribution in [2.75, 3.05) is 7.11 Å². The molecule has 1 atom stereocenters. The summed E-state index contributed by atoms with van der Waals surface area (Å²) >= 11 is 1.58. The number of carbonyl (C=O) groups excluding carboxylic acids is 2. The zero-order chi connectivity index (χ0) is 22.0. The fourth-order valence-corrected chi connectivity index (χ4v) is 5.01. The van der Waals surface area contributed by atoms with Gasteiger partial charge in [-0.15, -0.1) is 11.3 Å². The Kier molecular flexibility index (Phi) is 5.94. The molecule has 1 aliphatic rings. The van der Waals surface area contributed by atoms with Crippen LogP contribution >= 0.6 is 11.3 Å². The molecule has 3 aromatic rings. The number of amides is 1. The van der Waals surface area contributed by atoms with Gasteiger partial charge in [0.1, 0.15) is 11.4 Å². The van der Waals surface area contributed by atoms with E-state index in [9.17, 15) is 14.4 Å². The standard InChI is InChI=1S/C22H22N4O4S/c1-13-3-8-16-17(9-13)31-20-19(16)21(28)26(12-23-20)11-18(27)25-24-10-14-4-6-15(7-5-14)22(29)30-2/h4-7,10,12-13H,3,8-9,11H2,1-2H3,(H,25,27). The average molecular weight is 439 g/mol. The molecule has 1 amide bonds. The number of nitrogens with zero attached hydrogens (tertiary/aromatic N) is 3. The predicted octanol–water partition coefficient (Wildman–Crippen LogP) is 2.52. The van der Waals surface area contributed by atoms with Gasteiger partial charge in [-0.2, -0.15) is 5.10 Å². The average Bonchev–Trinajstić information content (AvgIpc) is 3.14. The Balaban J connectivity index is 1.44. The first kappa shape index (κ1) is 20.9. The third-order valence-corrected chi connectivity index (χ3v) is 6.49. The SMILES string of the molecule is COC(=O)c1ccc(C=NNC(=O)Cn2cnc3sc4c(c3c2=O)CCC(C)C4)cc1. The van der Waals surface area contributed by atoms with E-state index in [2.05, 4.69) is 27.2 Å². The number of hydrazone groups is 1. The number of hydrogen-bond acceptors (Lipinski definition) is 7. The molecule has 0 spiro atoms. The highest BCUT2D eigenvalue weighted by Crippen LogP contribution is 2.35. The second kappa shape index (κ2) is 8.81. The Bertz CT molecular complexity index is 1230. The summed E-state index contributed by atoms with van der Waals surface area (Å²) in [6.07, 6.45) is 5.79. The second-order valence-corrected chi connectivity index (χ2v) is 8.70. The van der Waals surface area contributed by atoms with Crippen LogP contribution in [-0.4, -0.2) is 34.8 Å². The molecule has 1 N–H and O–H groups in total. The maximum Gasteiger partial charge on any atom is 0.337 e. The first-order valence-corrected chi connectivity index (χ1v) is 10.8. The Morgan fingerprint density at radius 3 is 2.87 bits per heavy atom. The van der Waals surface area contributed by atoms with Gasteiger partial charge in [0.2, 0.25) is 0 Å². The summed E-state index contributed by atoms with van der Waals surface area (Å²) in [5.74, 6) is -0.235. The first-order valence-electron chi connectivity index (χ1n) is 9.96. The molecule has 0 radical (unpaired) electrons. The molecule has 1 unspecified atom stereocenters. The minimum atomic E-state index is -0.427. The minimum Gasteiger partial charge on any atom is -0.465 e. The van der Waals surface area contributed by atoms with Crippen molar-refractivity contribution < 1.29 is 14.3 Å². The molecule has 0 saturated carbocycles. The minimum absolute atomic E-state index is 0.165. The van der Waals surface area contributed by atoms with Crippen molar-refractivity contribution in [3.63, 3.8) is 0 Å². The number of benzene rings is 1. The highest BCUT2D eigenvalue weighted by molar-refractivity contribution is 7.18. The fourth-order valence-electron chi connectivity index (χ4n) is 3.67. The van der Waals surface area contributed by atoms with Crippen molar-refractivity contribution in [2.45, 2.75) is 32.7 Å². The van der Waals surface area contributed by atoms with Gasteiger partial charge in [-0.05, 0) is 48.4 Å². The molecule has 1 aliphatic carbocycles. The number of carbonyl (C=O) groups is 2. The zero-order valence-corrected chi connectivity index (χ0v) is 18.1. The van der Waals surface area contributed by atoms with E-state index in [0.717, 1.165) is 29.7 Å². The molecular weight excluding hydrogens is 416 g/mol. The highest BCUT2D eigenvalue weighted by atomic mass is 32.1. The van der Waals surface area contributed by atoms with E-state index in [1.54, 1.807) is 35.6 Å². The molecular formula is C22H22N4O4S. The maximum absolute atomic E-state index is 13.0. The Morgan fingerprint density at radius 1 is 1.35 bits per heavy atom. The van der Waals surface area contributed by atoms with Gasteiger partial charge in [-0.1, -0.05) is 19.1 Å². The van der Waals surface area contributed by atoms with Crippen molar-refractivity contribution in [1.82, 2.24) is 15.0 Å². The van der Waals surface area contributed by atoms with Crippen LogP contribution in [0.1, 0.15) is 39.7 Å². The van der Waals surface area contributed by atoms with Crippen molar-refractivity contribution in [1.29, 1.82) is 0 Å². The lowest BCUT2D eigenvalue weighted by molar-refractivity contribution is -0.121. The fraction of sp³-hybridized carbons (Fsp3) is 0.318. The third kappa shape index (κ3) is 4.41. The molecule has 8 nitrogen and oxygen atoms in total. The third-order valence-electron chi connectivity index (χ3n) is 5.33. The summed E-state index contributed by atoms with van der Waals surface area (Å²) < 4.78 is 5.97. The largest absolute Gasteiger partial charge is 0.465 e. The number of aromatic nitrogens is 2. The summed E-state index contributed by atoms with van der Waals surface area (Å²) in [4.78, 5) is 43.1. The number of methoxy groups -OCH3 is 1. The van der Waals surface area contributed by atoms with Crippen molar-refractivity contribution >= 4 is 39.6 Å². The summed E-state index contributed by atoms with van der Waals surface area (Å²) in [5.41, 5.74) is 4.46. The van der Waals surface area contributed by atoms with Crippen LogP contribution in [0.3, 0.4) is 0 Å². The Morgan fingerprint density at radius 2 is 2.13 bits per heavy atom. The number of aryl methyl sites for hydroxylation is 1. The summed E-state index contributed by atoms with van der Waals surface area (Å²) in [7, 11) is 1.32. The maximum atomic E-state index is 13.0. The lowest BCUT2D eigenvalue weighted by Crippen LogP contribution is -2.30. The van der Waals surface area contributed by atoms with Gasteiger partial charge in [0.15, 0.2) is 0 Å². The number of nitrogens with one attached hydrogen (secondary N) is 1. The van der Waals surface area contributed by atoms with Gasteiger partial charge in [0.05, 0.1) is 30.6 Å². The molecule has 4 rings (SSSR count). The van der Waals surface area contributed by atoms with Crippen LogP contribution in [0.4, 0.5) is 0 Å². The summed E-state index contributed by atoms with van der Waals surface area (Å²) in [6.45, 7) is 2.05. The van der Waals surface area contributed by atoms with E-state index in [-0.39, 0.29) is 12.1 Å². The number of rotatable bonds is 5. The number of ether oxygens (including phenoxy) is 1. The van der Waals surface area contributed by atoms with Crippen LogP contribution in [0.5, 0.6) is 0 Å². The number of thiophene rings is 1. The van der Waals surface area contributed by atoms with E-state index < -0.39 is 11.9 Å². The van der Waals surface area contributed by atoms with Crippen LogP contribution in [0.2, 0.25) is 0 Å². The second-order valence-electron chi connectivity index (χ2n) is 7.62. The van der Waals surface area contributed by atoms with Crippen LogP contribution in [0.15, 0.2) is 40.5 Å². The van der Waals surface area contributed by atoms with E-state index in [4.69, 9.17) is 0 Å². The van der Waals surface area contributed by atoms with Gasteiger partial charge in [0, 0.05) is 4.88 Å². The van der Waals surface area contributed by atoms with Crippen molar-refractivity contribution in [3.05, 3.63) is 62.5 Å². The normalized spacial score (nSPS) is 15.7. The lowest BCUT2D eigenvalue weighted by atomic mass is 9.89. The molecule has 0 fully saturated rings. The van der Waals surface area contributed by atoms with Gasteiger partial charge < -0.3 is 4.74 Å². The number of fused-ring (bicyclic) bond motifs is 3. The highest BCUT2D eigenvalue weighted by Gasteiger charge is 2.23. The Hall–Kier alpha value is -3.33.